The molecule has 0 fully saturated rings. The van der Waals surface area contributed by atoms with E-state index in [0.717, 1.165) is 4.47 Å². The predicted octanol–water partition coefficient (Wildman–Crippen LogP) is 2.93. The Kier molecular flexibility index (Phi) is 2.22. The van der Waals surface area contributed by atoms with Crippen LogP contribution >= 0.6 is 15.9 Å². The molecule has 1 N–H and O–H groups in total. The largest absolute Gasteiger partial charge is 0.480 e. The van der Waals surface area contributed by atoms with Crippen molar-refractivity contribution in [2.24, 2.45) is 0 Å². The smallest absolute Gasteiger partial charge is 0.326 e. The Morgan fingerprint density at radius 2 is 1.85 bits per heavy atom. The number of hydrogen-bond acceptors (Lipinski definition) is 3. The highest BCUT2D eigenvalue weighted by atomic mass is 79.9. The van der Waals surface area contributed by atoms with Gasteiger partial charge in [-0.1, -0.05) is 30.3 Å². The minimum Gasteiger partial charge on any atom is -0.480 e. The van der Waals surface area contributed by atoms with Gasteiger partial charge in [-0.3, -0.25) is 4.79 Å². The van der Waals surface area contributed by atoms with E-state index in [1.54, 1.807) is 24.3 Å². The zero-order valence-electron chi connectivity index (χ0n) is 10.2. The van der Waals surface area contributed by atoms with E-state index in [1.807, 2.05) is 18.2 Å². The summed E-state index contributed by atoms with van der Waals surface area (Å²) in [5.41, 5.74) is -0.0425. The molecule has 5 heteroatoms. The molecule has 100 valence electrons. The molecule has 2 aromatic carbocycles. The topological polar surface area (TPSA) is 55.8 Å². The van der Waals surface area contributed by atoms with Gasteiger partial charge in [0.1, 0.15) is 11.5 Å². The first-order chi connectivity index (χ1) is 9.65. The number of halogens is 1. The summed E-state index contributed by atoms with van der Waals surface area (Å²) in [5, 5.41) is 9.88. The Hall–Kier alpha value is -2.01. The fourth-order valence-corrected chi connectivity index (χ4v) is 3.45. The van der Waals surface area contributed by atoms with Crippen molar-refractivity contribution < 1.29 is 19.4 Å². The number of hydrogen-bond donors (Lipinski definition) is 1. The van der Waals surface area contributed by atoms with Crippen molar-refractivity contribution >= 4 is 21.9 Å². The molecule has 0 amide bonds. The number of para-hydroxylation sites is 2. The number of fused-ring (bicyclic) bond motifs is 5. The monoisotopic (exact) mass is 332 g/mol. The summed E-state index contributed by atoms with van der Waals surface area (Å²) >= 11 is 3.40. The maximum absolute atomic E-state index is 12.1. The molecule has 20 heavy (non-hydrogen) atoms. The van der Waals surface area contributed by atoms with Crippen molar-refractivity contribution in [3.63, 3.8) is 0 Å². The Balaban J connectivity index is 2.08. The van der Waals surface area contributed by atoms with Crippen molar-refractivity contribution in [2.45, 2.75) is 11.7 Å². The molecule has 0 spiro atoms. The van der Waals surface area contributed by atoms with Crippen LogP contribution in [0.25, 0.3) is 0 Å². The lowest BCUT2D eigenvalue weighted by Crippen LogP contribution is -2.44. The standard InChI is InChI=1S/C15H9BrO4/c16-10-6-3-5-9-12(10)20-14-15(9,13(17)18)8-4-1-2-7-11(8)19-14/h1-7,14H,(H,17,18)/t14-,15+/m0/s1. The summed E-state index contributed by atoms with van der Waals surface area (Å²) in [6.07, 6.45) is -0.869. The molecule has 0 aliphatic carbocycles. The Bertz CT molecular complexity index is 742. The van der Waals surface area contributed by atoms with E-state index in [4.69, 9.17) is 9.47 Å². The maximum Gasteiger partial charge on any atom is 0.326 e. The summed E-state index contributed by atoms with van der Waals surface area (Å²) in [7, 11) is 0. The molecule has 0 saturated carbocycles. The molecular formula is C15H9BrO4. The summed E-state index contributed by atoms with van der Waals surface area (Å²) in [4.78, 5) is 12.1. The molecule has 2 aliphatic heterocycles. The van der Waals surface area contributed by atoms with E-state index in [0.29, 0.717) is 22.6 Å². The van der Waals surface area contributed by atoms with Gasteiger partial charge >= 0.3 is 5.97 Å². The first kappa shape index (κ1) is 11.8. The van der Waals surface area contributed by atoms with E-state index in [2.05, 4.69) is 15.9 Å². The van der Waals surface area contributed by atoms with Gasteiger partial charge in [-0.25, -0.2) is 0 Å². The van der Waals surface area contributed by atoms with Gasteiger partial charge in [-0.15, -0.1) is 0 Å². The lowest BCUT2D eigenvalue weighted by atomic mass is 9.76. The highest BCUT2D eigenvalue weighted by molar-refractivity contribution is 9.10. The van der Waals surface area contributed by atoms with Crippen molar-refractivity contribution in [2.75, 3.05) is 0 Å². The molecular weight excluding hydrogens is 324 g/mol. The van der Waals surface area contributed by atoms with Crippen LogP contribution in [0.5, 0.6) is 11.5 Å². The van der Waals surface area contributed by atoms with Crippen LogP contribution in [-0.4, -0.2) is 17.4 Å². The molecule has 0 radical (unpaired) electrons. The number of benzene rings is 2. The molecule has 2 aromatic rings. The van der Waals surface area contributed by atoms with Crippen LogP contribution in [0.4, 0.5) is 0 Å². The van der Waals surface area contributed by atoms with E-state index in [9.17, 15) is 9.90 Å². The van der Waals surface area contributed by atoms with Crippen LogP contribution in [0.1, 0.15) is 11.1 Å². The van der Waals surface area contributed by atoms with Crippen molar-refractivity contribution in [1.29, 1.82) is 0 Å². The zero-order chi connectivity index (χ0) is 13.9. The third-order valence-electron chi connectivity index (χ3n) is 3.85. The molecule has 0 unspecified atom stereocenters. The first-order valence-electron chi connectivity index (χ1n) is 6.11. The van der Waals surface area contributed by atoms with Crippen molar-refractivity contribution in [3.8, 4) is 11.5 Å². The van der Waals surface area contributed by atoms with Gasteiger partial charge in [0.15, 0.2) is 5.41 Å². The predicted molar refractivity (Wildman–Crippen MR) is 74.0 cm³/mol. The summed E-state index contributed by atoms with van der Waals surface area (Å²) in [6, 6.07) is 12.6. The fraction of sp³-hybridized carbons (Fsp3) is 0.133. The summed E-state index contributed by atoms with van der Waals surface area (Å²) in [6.45, 7) is 0. The molecule has 0 saturated heterocycles. The number of carboxylic acid groups (broad SMARTS) is 1. The third kappa shape index (κ3) is 1.19. The van der Waals surface area contributed by atoms with Crippen LogP contribution in [0, 0.1) is 0 Å². The highest BCUT2D eigenvalue weighted by Crippen LogP contribution is 2.56. The van der Waals surface area contributed by atoms with Crippen molar-refractivity contribution in [1.82, 2.24) is 0 Å². The second-order valence-corrected chi connectivity index (χ2v) is 5.65. The van der Waals surface area contributed by atoms with E-state index in [1.165, 1.54) is 0 Å². The third-order valence-corrected chi connectivity index (χ3v) is 4.48. The number of rotatable bonds is 1. The lowest BCUT2D eigenvalue weighted by Gasteiger charge is -2.21. The van der Waals surface area contributed by atoms with Crippen LogP contribution in [0.15, 0.2) is 46.9 Å². The van der Waals surface area contributed by atoms with Gasteiger partial charge in [0.25, 0.3) is 6.29 Å². The quantitative estimate of drug-likeness (QED) is 0.872. The summed E-state index contributed by atoms with van der Waals surface area (Å²) in [5.74, 6) is 0.129. The Morgan fingerprint density at radius 1 is 1.10 bits per heavy atom. The average Bonchev–Trinajstić information content (AvgIpc) is 2.91. The molecule has 2 heterocycles. The van der Waals surface area contributed by atoms with Gasteiger partial charge in [0.2, 0.25) is 0 Å². The SMILES string of the molecule is O=C(O)[C@]12c3ccccc3O[C@H]1Oc1c(Br)cccc12. The van der Waals surface area contributed by atoms with Gasteiger partial charge in [0.05, 0.1) is 4.47 Å². The van der Waals surface area contributed by atoms with Crippen LogP contribution in [0.3, 0.4) is 0 Å². The lowest BCUT2D eigenvalue weighted by molar-refractivity contribution is -0.148. The normalized spacial score (nSPS) is 25.1. The van der Waals surface area contributed by atoms with E-state index < -0.39 is 17.7 Å². The minimum atomic E-state index is -1.30. The number of aliphatic carboxylic acids is 1. The van der Waals surface area contributed by atoms with Gasteiger partial charge < -0.3 is 14.6 Å². The molecule has 0 bridgehead atoms. The molecule has 2 aliphatic rings. The summed E-state index contributed by atoms with van der Waals surface area (Å²) < 4.78 is 12.2. The number of carboxylic acids is 1. The minimum absolute atomic E-state index is 0.536. The fourth-order valence-electron chi connectivity index (χ4n) is 2.99. The van der Waals surface area contributed by atoms with Gasteiger partial charge in [-0.2, -0.15) is 0 Å². The first-order valence-corrected chi connectivity index (χ1v) is 6.90. The van der Waals surface area contributed by atoms with Gasteiger partial charge in [-0.05, 0) is 28.1 Å². The second-order valence-electron chi connectivity index (χ2n) is 4.79. The van der Waals surface area contributed by atoms with Crippen LogP contribution in [0.2, 0.25) is 0 Å². The van der Waals surface area contributed by atoms with E-state index in [-0.39, 0.29) is 0 Å². The van der Waals surface area contributed by atoms with E-state index >= 15 is 0 Å². The van der Waals surface area contributed by atoms with Crippen LogP contribution in [-0.2, 0) is 10.2 Å². The maximum atomic E-state index is 12.1. The van der Waals surface area contributed by atoms with Crippen LogP contribution < -0.4 is 9.47 Å². The Labute approximate surface area is 123 Å². The average molecular weight is 333 g/mol. The molecule has 4 nitrogen and oxygen atoms in total. The molecule has 0 aromatic heterocycles. The van der Waals surface area contributed by atoms with Crippen molar-refractivity contribution in [3.05, 3.63) is 58.1 Å². The number of carbonyl (C=O) groups is 1. The Morgan fingerprint density at radius 3 is 2.65 bits per heavy atom. The highest BCUT2D eigenvalue weighted by Gasteiger charge is 2.63. The van der Waals surface area contributed by atoms with Gasteiger partial charge in [0, 0.05) is 11.1 Å². The number of ether oxygens (including phenoxy) is 2. The zero-order valence-corrected chi connectivity index (χ0v) is 11.8. The molecule has 4 rings (SSSR count). The molecule has 2 atom stereocenters. The second kappa shape index (κ2) is 3.76.